The van der Waals surface area contributed by atoms with E-state index in [0.717, 1.165) is 0 Å². The van der Waals surface area contributed by atoms with E-state index in [0.29, 0.717) is 12.8 Å². The summed E-state index contributed by atoms with van der Waals surface area (Å²) in [5.41, 5.74) is -0.647. The van der Waals surface area contributed by atoms with E-state index in [-0.39, 0.29) is 5.78 Å². The number of Topliss-reactive ketones (excluding diaryl/α,β-unsaturated/α-hetero) is 1. The molecule has 1 fully saturated rings. The first-order valence-corrected chi connectivity index (χ1v) is 3.72. The Morgan fingerprint density at radius 1 is 1.64 bits per heavy atom. The van der Waals surface area contributed by atoms with Gasteiger partial charge in [0.15, 0.2) is 0 Å². The Hall–Kier alpha value is -0.860. The number of carbonyl (C=O) groups is 2. The van der Waals surface area contributed by atoms with Crippen LogP contribution in [0.1, 0.15) is 26.7 Å². The lowest BCUT2D eigenvalue weighted by molar-refractivity contribution is -0.147. The van der Waals surface area contributed by atoms with Crippen molar-refractivity contribution >= 4 is 11.8 Å². The molecular formula is C8H12O3. The molecule has 0 aromatic rings. The van der Waals surface area contributed by atoms with Crippen molar-refractivity contribution in [3.63, 3.8) is 0 Å². The number of ketones is 1. The highest BCUT2D eigenvalue weighted by Gasteiger charge is 2.45. The van der Waals surface area contributed by atoms with Gasteiger partial charge in [0.05, 0.1) is 5.92 Å². The molecule has 1 aliphatic rings. The summed E-state index contributed by atoms with van der Waals surface area (Å²) in [6, 6.07) is 0. The number of carboxylic acids is 1. The molecule has 0 bridgehead atoms. The van der Waals surface area contributed by atoms with E-state index in [4.69, 9.17) is 5.11 Å². The van der Waals surface area contributed by atoms with Crippen LogP contribution in [-0.2, 0) is 9.59 Å². The first-order valence-electron chi connectivity index (χ1n) is 3.72. The van der Waals surface area contributed by atoms with Crippen molar-refractivity contribution in [2.24, 2.45) is 11.3 Å². The Morgan fingerprint density at radius 2 is 2.18 bits per heavy atom. The molecule has 0 heterocycles. The summed E-state index contributed by atoms with van der Waals surface area (Å²) in [5, 5.41) is 8.71. The lowest BCUT2D eigenvalue weighted by atomic mass is 9.81. The lowest BCUT2D eigenvalue weighted by Gasteiger charge is -2.20. The van der Waals surface area contributed by atoms with Gasteiger partial charge in [0.2, 0.25) is 0 Å². The van der Waals surface area contributed by atoms with Crippen molar-refractivity contribution in [2.75, 3.05) is 0 Å². The summed E-state index contributed by atoms with van der Waals surface area (Å²) >= 11 is 0. The molecule has 11 heavy (non-hydrogen) atoms. The van der Waals surface area contributed by atoms with Gasteiger partial charge in [-0.3, -0.25) is 9.59 Å². The minimum atomic E-state index is -0.846. The van der Waals surface area contributed by atoms with Crippen LogP contribution in [0.2, 0.25) is 0 Å². The highest BCUT2D eigenvalue weighted by atomic mass is 16.4. The highest BCUT2D eigenvalue weighted by Crippen LogP contribution is 2.39. The largest absolute Gasteiger partial charge is 0.481 e. The molecule has 3 nitrogen and oxygen atoms in total. The van der Waals surface area contributed by atoms with Crippen LogP contribution in [0.25, 0.3) is 0 Å². The number of hydrogen-bond acceptors (Lipinski definition) is 2. The van der Waals surface area contributed by atoms with E-state index in [2.05, 4.69) is 0 Å². The molecule has 0 spiro atoms. The van der Waals surface area contributed by atoms with E-state index in [9.17, 15) is 9.59 Å². The van der Waals surface area contributed by atoms with Crippen molar-refractivity contribution in [3.05, 3.63) is 0 Å². The van der Waals surface area contributed by atoms with Crippen molar-refractivity contribution in [1.82, 2.24) is 0 Å². The predicted octanol–water partition coefficient (Wildman–Crippen LogP) is 1.08. The van der Waals surface area contributed by atoms with Crippen LogP contribution in [-0.4, -0.2) is 16.9 Å². The van der Waals surface area contributed by atoms with E-state index < -0.39 is 17.3 Å². The van der Waals surface area contributed by atoms with Crippen molar-refractivity contribution < 1.29 is 14.7 Å². The monoisotopic (exact) mass is 156 g/mol. The Balaban J connectivity index is 2.87. The summed E-state index contributed by atoms with van der Waals surface area (Å²) in [6.45, 7) is 3.42. The van der Waals surface area contributed by atoms with Crippen LogP contribution in [0.4, 0.5) is 0 Å². The highest BCUT2D eigenvalue weighted by molar-refractivity contribution is 5.92. The van der Waals surface area contributed by atoms with Crippen LogP contribution < -0.4 is 0 Å². The smallest absolute Gasteiger partial charge is 0.307 e. The number of carbonyl (C=O) groups excluding carboxylic acids is 1. The predicted molar refractivity (Wildman–Crippen MR) is 39.1 cm³/mol. The van der Waals surface area contributed by atoms with Gasteiger partial charge in [-0.05, 0) is 6.42 Å². The Bertz CT molecular complexity index is 205. The molecule has 3 heteroatoms. The average molecular weight is 156 g/mol. The average Bonchev–Trinajstić information content (AvgIpc) is 2.08. The molecule has 1 saturated carbocycles. The van der Waals surface area contributed by atoms with Crippen LogP contribution in [0, 0.1) is 11.3 Å². The SMILES string of the molecule is CC1(C)C(=O)CCC1C(=O)O. The molecule has 0 radical (unpaired) electrons. The standard InChI is InChI=1S/C8H12O3/c1-8(2)5(7(10)11)3-4-6(8)9/h5H,3-4H2,1-2H3,(H,10,11). The molecule has 0 amide bonds. The Labute approximate surface area is 65.4 Å². The van der Waals surface area contributed by atoms with Crippen LogP contribution >= 0.6 is 0 Å². The third-order valence-corrected chi connectivity index (χ3v) is 2.55. The third kappa shape index (κ3) is 1.15. The van der Waals surface area contributed by atoms with Crippen molar-refractivity contribution in [2.45, 2.75) is 26.7 Å². The van der Waals surface area contributed by atoms with Gasteiger partial charge in [0.1, 0.15) is 5.78 Å². The fraction of sp³-hybridized carbons (Fsp3) is 0.750. The summed E-state index contributed by atoms with van der Waals surface area (Å²) in [5.74, 6) is -1.25. The summed E-state index contributed by atoms with van der Waals surface area (Å²) < 4.78 is 0. The molecule has 62 valence electrons. The van der Waals surface area contributed by atoms with Gasteiger partial charge in [0.25, 0.3) is 0 Å². The minimum Gasteiger partial charge on any atom is -0.481 e. The number of carboxylic acid groups (broad SMARTS) is 1. The van der Waals surface area contributed by atoms with E-state index >= 15 is 0 Å². The van der Waals surface area contributed by atoms with Gasteiger partial charge in [-0.25, -0.2) is 0 Å². The number of hydrogen-bond donors (Lipinski definition) is 1. The van der Waals surface area contributed by atoms with Crippen LogP contribution in [0.15, 0.2) is 0 Å². The van der Waals surface area contributed by atoms with Crippen LogP contribution in [0.3, 0.4) is 0 Å². The zero-order valence-electron chi connectivity index (χ0n) is 6.76. The second kappa shape index (κ2) is 2.32. The minimum absolute atomic E-state index is 0.0740. The van der Waals surface area contributed by atoms with Gasteiger partial charge in [-0.15, -0.1) is 0 Å². The topological polar surface area (TPSA) is 54.4 Å². The molecule has 0 saturated heterocycles. The van der Waals surface area contributed by atoms with Crippen molar-refractivity contribution in [1.29, 1.82) is 0 Å². The molecule has 1 rings (SSSR count). The first-order chi connectivity index (χ1) is 4.96. The van der Waals surface area contributed by atoms with Crippen LogP contribution in [0.5, 0.6) is 0 Å². The summed E-state index contributed by atoms with van der Waals surface area (Å²) in [6.07, 6.45) is 0.922. The Morgan fingerprint density at radius 3 is 2.36 bits per heavy atom. The second-order valence-corrected chi connectivity index (χ2v) is 3.57. The zero-order valence-corrected chi connectivity index (χ0v) is 6.76. The van der Waals surface area contributed by atoms with Crippen molar-refractivity contribution in [3.8, 4) is 0 Å². The van der Waals surface area contributed by atoms with Gasteiger partial charge in [-0.2, -0.15) is 0 Å². The molecule has 0 aliphatic heterocycles. The molecule has 1 N–H and O–H groups in total. The quantitative estimate of drug-likeness (QED) is 0.618. The molecular weight excluding hydrogens is 144 g/mol. The number of rotatable bonds is 1. The molecule has 1 aliphatic carbocycles. The Kier molecular flexibility index (Phi) is 1.74. The maximum atomic E-state index is 11.1. The maximum absolute atomic E-state index is 11.1. The third-order valence-electron chi connectivity index (χ3n) is 2.55. The van der Waals surface area contributed by atoms with Gasteiger partial charge >= 0.3 is 5.97 Å². The summed E-state index contributed by atoms with van der Waals surface area (Å²) in [4.78, 5) is 21.8. The van der Waals surface area contributed by atoms with E-state index in [1.54, 1.807) is 13.8 Å². The molecule has 1 unspecified atom stereocenters. The normalized spacial score (nSPS) is 28.9. The molecule has 0 aromatic heterocycles. The van der Waals surface area contributed by atoms with Gasteiger partial charge in [-0.1, -0.05) is 13.8 Å². The van der Waals surface area contributed by atoms with Gasteiger partial charge < -0.3 is 5.11 Å². The fourth-order valence-corrected chi connectivity index (χ4v) is 1.58. The van der Waals surface area contributed by atoms with Gasteiger partial charge in [0, 0.05) is 11.8 Å². The second-order valence-electron chi connectivity index (χ2n) is 3.57. The first kappa shape index (κ1) is 8.24. The number of aliphatic carboxylic acids is 1. The maximum Gasteiger partial charge on any atom is 0.307 e. The van der Waals surface area contributed by atoms with E-state index in [1.165, 1.54) is 0 Å². The molecule has 1 atom stereocenters. The molecule has 0 aromatic carbocycles. The fourth-order valence-electron chi connectivity index (χ4n) is 1.58. The lowest BCUT2D eigenvalue weighted by Crippen LogP contribution is -2.30. The van der Waals surface area contributed by atoms with E-state index in [1.807, 2.05) is 0 Å². The zero-order chi connectivity index (χ0) is 8.65. The summed E-state index contributed by atoms with van der Waals surface area (Å²) in [7, 11) is 0.